The number of rotatable bonds is 8. The minimum atomic E-state index is -2.40. The van der Waals surface area contributed by atoms with Crippen LogP contribution in [-0.2, 0) is 21.3 Å². The highest BCUT2D eigenvalue weighted by Crippen LogP contribution is 2.33. The molecule has 0 aromatic heterocycles. The van der Waals surface area contributed by atoms with Crippen molar-refractivity contribution < 1.29 is 13.7 Å². The van der Waals surface area contributed by atoms with Gasteiger partial charge in [0.1, 0.15) is 0 Å². The average molecular weight is 424 g/mol. The van der Waals surface area contributed by atoms with Gasteiger partial charge in [-0.15, -0.1) is 0 Å². The zero-order chi connectivity index (χ0) is 20.9. The van der Waals surface area contributed by atoms with E-state index in [1.54, 1.807) is 12.5 Å². The molecule has 1 saturated carbocycles. The largest absolute Gasteiger partial charge is 0.376 e. The lowest BCUT2D eigenvalue weighted by atomic mass is 9.78. The first kappa shape index (κ1) is 22.2. The van der Waals surface area contributed by atoms with Crippen LogP contribution in [0.5, 0.6) is 0 Å². The molecule has 7 heteroatoms. The van der Waals surface area contributed by atoms with Crippen molar-refractivity contribution in [3.63, 3.8) is 0 Å². The molecule has 6 nitrogen and oxygen atoms in total. The van der Waals surface area contributed by atoms with E-state index in [-0.39, 0.29) is 24.2 Å². The van der Waals surface area contributed by atoms with Crippen LogP contribution < -0.4 is 10.0 Å². The maximum Gasteiger partial charge on any atom is 0.317 e. The normalized spacial score (nSPS) is 27.9. The molecule has 2 N–H and O–H groups in total. The van der Waals surface area contributed by atoms with E-state index in [0.717, 1.165) is 38.6 Å². The molecule has 2 aliphatic rings. The van der Waals surface area contributed by atoms with Gasteiger partial charge in [0, 0.05) is 31.6 Å². The zero-order valence-electron chi connectivity index (χ0n) is 18.0. The van der Waals surface area contributed by atoms with E-state index in [9.17, 15) is 9.00 Å². The number of thiol groups is 1. The molecule has 1 aromatic carbocycles. The molecular formula is C22H37N3O3S. The van der Waals surface area contributed by atoms with Crippen LogP contribution in [0.15, 0.2) is 30.3 Å². The van der Waals surface area contributed by atoms with E-state index in [4.69, 9.17) is 4.74 Å². The van der Waals surface area contributed by atoms with Crippen LogP contribution in [0.4, 0.5) is 4.79 Å². The van der Waals surface area contributed by atoms with E-state index in [0.29, 0.717) is 19.1 Å². The molecule has 0 radical (unpaired) electrons. The standard InChI is InChI=1S/C22H37N3O3S/c1-4-23-22(26)25-12-8-11-20(24-29(2,3)27)21(25)16-28-19-14-18(15-19)13-17-9-6-5-7-10-17/h5-7,9-10,18-21,29H,4,8,11-16H2,1-3H3,(H,23,26)(H,24,27)/t18-,19-,20-,21-/m0/s1. The third-order valence-electron chi connectivity index (χ3n) is 5.91. The second-order valence-electron chi connectivity index (χ2n) is 8.81. The minimum Gasteiger partial charge on any atom is -0.376 e. The summed E-state index contributed by atoms with van der Waals surface area (Å²) in [6.45, 7) is 3.75. The summed E-state index contributed by atoms with van der Waals surface area (Å²) in [5.41, 5.74) is 1.39. The van der Waals surface area contributed by atoms with Gasteiger partial charge in [-0.1, -0.05) is 40.5 Å². The van der Waals surface area contributed by atoms with Crippen LogP contribution in [0.2, 0.25) is 0 Å². The molecule has 0 spiro atoms. The summed E-state index contributed by atoms with van der Waals surface area (Å²) in [6.07, 6.45) is 8.82. The van der Waals surface area contributed by atoms with Crippen LogP contribution in [-0.4, -0.2) is 65.5 Å². The van der Waals surface area contributed by atoms with Crippen molar-refractivity contribution in [3.8, 4) is 0 Å². The fourth-order valence-corrected chi connectivity index (χ4v) is 5.58. The van der Waals surface area contributed by atoms with Gasteiger partial charge in [0.15, 0.2) is 0 Å². The van der Waals surface area contributed by atoms with Gasteiger partial charge in [-0.2, -0.15) is 0 Å². The molecule has 0 bridgehead atoms. The first-order valence-corrected chi connectivity index (χ1v) is 13.5. The smallest absolute Gasteiger partial charge is 0.317 e. The molecule has 2 amide bonds. The monoisotopic (exact) mass is 423 g/mol. The Morgan fingerprint density at radius 1 is 1.24 bits per heavy atom. The maximum atomic E-state index is 12.6. The Balaban J connectivity index is 1.54. The van der Waals surface area contributed by atoms with E-state index >= 15 is 0 Å². The summed E-state index contributed by atoms with van der Waals surface area (Å²) in [7, 11) is -2.40. The number of nitrogens with one attached hydrogen (secondary N) is 2. The molecule has 3 rings (SSSR count). The number of hydrogen-bond donors (Lipinski definition) is 3. The first-order chi connectivity index (χ1) is 13.9. The van der Waals surface area contributed by atoms with Crippen molar-refractivity contribution >= 4 is 16.1 Å². The number of carbonyl (C=O) groups is 1. The summed E-state index contributed by atoms with van der Waals surface area (Å²) in [5, 5.41) is 2.91. The van der Waals surface area contributed by atoms with Crippen LogP contribution in [0.1, 0.15) is 38.2 Å². The first-order valence-electron chi connectivity index (χ1n) is 10.9. The Labute approximate surface area is 176 Å². The lowest BCUT2D eigenvalue weighted by Gasteiger charge is -2.44. The zero-order valence-corrected chi connectivity index (χ0v) is 18.9. The van der Waals surface area contributed by atoms with Gasteiger partial charge >= 0.3 is 6.03 Å². The third-order valence-corrected chi connectivity index (χ3v) is 6.86. The SMILES string of the molecule is CCNC(=O)N1CCC[C@H](N[SH](C)(C)=O)[C@@H]1CO[C@H]1C[C@H](Cc2ccccc2)C1. The molecule has 1 aromatic rings. The number of amides is 2. The van der Waals surface area contributed by atoms with Crippen molar-refractivity contribution in [3.05, 3.63) is 35.9 Å². The Bertz CT molecular complexity index is 703. The number of piperidine rings is 1. The van der Waals surface area contributed by atoms with E-state index in [1.165, 1.54) is 5.56 Å². The molecule has 164 valence electrons. The van der Waals surface area contributed by atoms with Gasteiger partial charge in [0.25, 0.3) is 0 Å². The summed E-state index contributed by atoms with van der Waals surface area (Å²) < 4.78 is 21.9. The van der Waals surface area contributed by atoms with E-state index < -0.39 is 10.1 Å². The van der Waals surface area contributed by atoms with Crippen LogP contribution in [0.3, 0.4) is 0 Å². The summed E-state index contributed by atoms with van der Waals surface area (Å²) >= 11 is 0. The Morgan fingerprint density at radius 2 is 1.97 bits per heavy atom. The highest BCUT2D eigenvalue weighted by Gasteiger charge is 2.37. The van der Waals surface area contributed by atoms with E-state index in [2.05, 4.69) is 40.4 Å². The number of urea groups is 1. The van der Waals surface area contributed by atoms with Gasteiger partial charge in [-0.05, 0) is 50.5 Å². The average Bonchev–Trinajstić information content (AvgIpc) is 2.64. The molecule has 1 heterocycles. The predicted octanol–water partition coefficient (Wildman–Crippen LogP) is 2.37. The lowest BCUT2D eigenvalue weighted by Crippen LogP contribution is -2.61. The van der Waals surface area contributed by atoms with Gasteiger partial charge in [-0.3, -0.25) is 8.93 Å². The molecular weight excluding hydrogens is 386 g/mol. The third kappa shape index (κ3) is 6.52. The Morgan fingerprint density at radius 3 is 2.62 bits per heavy atom. The summed E-state index contributed by atoms with van der Waals surface area (Å²) in [4.78, 5) is 14.4. The van der Waals surface area contributed by atoms with Gasteiger partial charge in [0.2, 0.25) is 0 Å². The van der Waals surface area contributed by atoms with E-state index in [1.807, 2.05) is 11.8 Å². The van der Waals surface area contributed by atoms with Crippen molar-refractivity contribution in [1.29, 1.82) is 0 Å². The summed E-state index contributed by atoms with van der Waals surface area (Å²) in [5.74, 6) is 0.675. The fourth-order valence-electron chi connectivity index (χ4n) is 4.48. The van der Waals surface area contributed by atoms with Crippen molar-refractivity contribution in [2.24, 2.45) is 5.92 Å². The molecule has 1 aliphatic heterocycles. The molecule has 2 atom stereocenters. The molecule has 1 aliphatic carbocycles. The minimum absolute atomic E-state index is 0.00683. The second kappa shape index (κ2) is 10.0. The highest BCUT2D eigenvalue weighted by atomic mass is 32.3. The Hall–Kier alpha value is -1.44. The van der Waals surface area contributed by atoms with Gasteiger partial charge in [-0.25, -0.2) is 4.79 Å². The quantitative estimate of drug-likeness (QED) is 0.562. The van der Waals surface area contributed by atoms with Crippen molar-refractivity contribution in [2.75, 3.05) is 32.2 Å². The van der Waals surface area contributed by atoms with Gasteiger partial charge < -0.3 is 15.0 Å². The fraction of sp³-hybridized carbons (Fsp3) is 0.682. The molecule has 2 fully saturated rings. The maximum absolute atomic E-state index is 12.6. The number of carbonyl (C=O) groups excluding carboxylic acids is 1. The number of likely N-dealkylation sites (tertiary alicyclic amines) is 1. The molecule has 0 unspecified atom stereocenters. The topological polar surface area (TPSA) is 70.7 Å². The predicted molar refractivity (Wildman–Crippen MR) is 120 cm³/mol. The highest BCUT2D eigenvalue weighted by molar-refractivity contribution is 7.99. The van der Waals surface area contributed by atoms with Gasteiger partial charge in [0.05, 0.1) is 18.8 Å². The number of benzene rings is 1. The Kier molecular flexibility index (Phi) is 7.71. The number of hydrogen-bond acceptors (Lipinski definition) is 3. The van der Waals surface area contributed by atoms with Crippen LogP contribution in [0, 0.1) is 5.92 Å². The van der Waals surface area contributed by atoms with Crippen LogP contribution in [0.25, 0.3) is 0 Å². The van der Waals surface area contributed by atoms with Crippen molar-refractivity contribution in [2.45, 2.75) is 57.2 Å². The lowest BCUT2D eigenvalue weighted by molar-refractivity contribution is -0.0569. The number of ether oxygens (including phenoxy) is 1. The van der Waals surface area contributed by atoms with Crippen molar-refractivity contribution in [1.82, 2.24) is 14.9 Å². The summed E-state index contributed by atoms with van der Waals surface area (Å²) in [6, 6.07) is 10.5. The molecule has 1 saturated heterocycles. The second-order valence-corrected chi connectivity index (χ2v) is 11.8. The van der Waals surface area contributed by atoms with Crippen LogP contribution >= 0.6 is 0 Å². The number of nitrogens with zero attached hydrogens (tertiary/aromatic N) is 1. The molecule has 29 heavy (non-hydrogen) atoms.